The van der Waals surface area contributed by atoms with E-state index in [4.69, 9.17) is 62.7 Å². The Morgan fingerprint density at radius 3 is 2.17 bits per heavy atom. The largest absolute Gasteiger partial charge is 0.497 e. The van der Waals surface area contributed by atoms with Crippen LogP contribution in [0.5, 0.6) is 5.75 Å². The topological polar surface area (TPSA) is 47.9 Å². The van der Waals surface area contributed by atoms with Crippen molar-refractivity contribution >= 4 is 70.2 Å². The molecule has 0 bridgehead atoms. The van der Waals surface area contributed by atoms with Crippen molar-refractivity contribution in [2.45, 2.75) is 3.79 Å². The van der Waals surface area contributed by atoms with Gasteiger partial charge in [-0.1, -0.05) is 76.2 Å². The molecular formula is C14H9Cl5N3O. The Morgan fingerprint density at radius 1 is 1.00 bits per heavy atom. The molecule has 0 unspecified atom stereocenters. The molecule has 0 aliphatic rings. The van der Waals surface area contributed by atoms with E-state index in [9.17, 15) is 0 Å². The molecule has 0 spiro atoms. The van der Waals surface area contributed by atoms with Crippen LogP contribution in [-0.4, -0.2) is 22.1 Å². The lowest BCUT2D eigenvalue weighted by Crippen LogP contribution is -2.12. The van der Waals surface area contributed by atoms with E-state index in [1.54, 1.807) is 19.3 Å². The summed E-state index contributed by atoms with van der Waals surface area (Å²) in [6, 6.07) is 7.39. The predicted octanol–water partition coefficient (Wildman–Crippen LogP) is 5.19. The maximum Gasteiger partial charge on any atom is 0.250 e. The summed E-state index contributed by atoms with van der Waals surface area (Å²) in [7, 11) is 1.60. The highest BCUT2D eigenvalue weighted by Crippen LogP contribution is 2.36. The normalized spacial score (nSPS) is 12.1. The van der Waals surface area contributed by atoms with Crippen LogP contribution in [0.4, 0.5) is 0 Å². The molecule has 1 heterocycles. The van der Waals surface area contributed by atoms with Gasteiger partial charge < -0.3 is 4.74 Å². The van der Waals surface area contributed by atoms with E-state index in [2.05, 4.69) is 15.0 Å². The van der Waals surface area contributed by atoms with Gasteiger partial charge in [0.25, 0.3) is 0 Å². The number of methoxy groups -OCH3 is 1. The number of nitrogens with zero attached hydrogens (tertiary/aromatic N) is 3. The van der Waals surface area contributed by atoms with Crippen molar-refractivity contribution in [3.63, 3.8) is 0 Å². The SMILES string of the molecule is COc1ccc(/C=C/c2nc([C](Cl)Cl)nc(C(Cl)(Cl)Cl)n2)cc1. The van der Waals surface area contributed by atoms with Gasteiger partial charge in [0.2, 0.25) is 8.63 Å². The van der Waals surface area contributed by atoms with Crippen molar-refractivity contribution in [2.75, 3.05) is 7.11 Å². The van der Waals surface area contributed by atoms with Crippen LogP contribution in [-0.2, 0) is 3.79 Å². The maximum absolute atomic E-state index is 5.80. The molecule has 1 aromatic heterocycles. The number of halogens is 5. The molecule has 0 saturated heterocycles. The van der Waals surface area contributed by atoms with Gasteiger partial charge in [-0.25, -0.2) is 15.0 Å². The van der Waals surface area contributed by atoms with Crippen molar-refractivity contribution in [2.24, 2.45) is 0 Å². The smallest absolute Gasteiger partial charge is 0.250 e. The van der Waals surface area contributed by atoms with Gasteiger partial charge in [0.15, 0.2) is 17.5 Å². The standard InChI is InChI=1S/C14H9Cl5N3O/c1-23-9-5-2-8(3-6-9)4-7-10-20-12(11(15)16)22-13(21-10)14(17,18)19/h2-7H,1H3/b7-4+. The maximum atomic E-state index is 5.80. The molecule has 0 N–H and O–H groups in total. The molecular weight excluding hydrogens is 403 g/mol. The highest BCUT2D eigenvalue weighted by atomic mass is 35.6. The van der Waals surface area contributed by atoms with Crippen LogP contribution in [0.2, 0.25) is 0 Å². The van der Waals surface area contributed by atoms with Gasteiger partial charge in [-0.05, 0) is 23.8 Å². The number of rotatable bonds is 4. The second-order valence-corrected chi connectivity index (χ2v) is 7.44. The minimum absolute atomic E-state index is 0.0269. The summed E-state index contributed by atoms with van der Waals surface area (Å²) < 4.78 is 3.28. The van der Waals surface area contributed by atoms with E-state index in [0.717, 1.165) is 11.3 Å². The van der Waals surface area contributed by atoms with Crippen molar-refractivity contribution in [1.29, 1.82) is 0 Å². The van der Waals surface area contributed by atoms with Gasteiger partial charge >= 0.3 is 0 Å². The zero-order valence-corrected chi connectivity index (χ0v) is 15.4. The monoisotopic (exact) mass is 410 g/mol. The Hall–Kier alpha value is -0.780. The third-order valence-electron chi connectivity index (χ3n) is 2.62. The van der Waals surface area contributed by atoms with Crippen molar-refractivity contribution in [3.8, 4) is 5.75 Å². The number of ether oxygens (including phenoxy) is 1. The van der Waals surface area contributed by atoms with E-state index < -0.39 is 3.79 Å². The molecule has 0 aliphatic carbocycles. The van der Waals surface area contributed by atoms with Crippen LogP contribution >= 0.6 is 58.0 Å². The van der Waals surface area contributed by atoms with E-state index in [1.807, 2.05) is 24.3 Å². The van der Waals surface area contributed by atoms with Crippen LogP contribution in [0.15, 0.2) is 24.3 Å². The molecule has 121 valence electrons. The summed E-state index contributed by atoms with van der Waals surface area (Å²) in [5.74, 6) is 0.970. The number of aromatic nitrogens is 3. The average Bonchev–Trinajstić information content (AvgIpc) is 2.52. The van der Waals surface area contributed by atoms with Crippen LogP contribution in [0, 0.1) is 4.84 Å². The lowest BCUT2D eigenvalue weighted by Gasteiger charge is -2.11. The molecule has 0 fully saturated rings. The Balaban J connectivity index is 2.33. The second-order valence-electron chi connectivity index (χ2n) is 4.21. The van der Waals surface area contributed by atoms with E-state index in [0.29, 0.717) is 0 Å². The molecule has 1 radical (unpaired) electrons. The molecule has 2 aromatic rings. The molecule has 1 aromatic carbocycles. The average molecular weight is 413 g/mol. The second kappa shape index (κ2) is 7.86. The van der Waals surface area contributed by atoms with E-state index >= 15 is 0 Å². The Bertz CT molecular complexity index is 699. The lowest BCUT2D eigenvalue weighted by molar-refractivity contribution is 0.415. The quantitative estimate of drug-likeness (QED) is 0.648. The number of benzene rings is 1. The van der Waals surface area contributed by atoms with E-state index in [1.165, 1.54) is 0 Å². The van der Waals surface area contributed by atoms with Crippen molar-refractivity contribution in [1.82, 2.24) is 15.0 Å². The summed E-state index contributed by atoms with van der Waals surface area (Å²) in [6.07, 6.45) is 3.41. The summed E-state index contributed by atoms with van der Waals surface area (Å²) in [4.78, 5) is 11.9. The fourth-order valence-corrected chi connectivity index (χ4v) is 1.99. The number of hydrogen-bond donors (Lipinski definition) is 0. The molecule has 9 heteroatoms. The molecule has 23 heavy (non-hydrogen) atoms. The molecule has 0 aliphatic heterocycles. The Kier molecular flexibility index (Phi) is 6.34. The third kappa shape index (κ3) is 5.37. The number of hydrogen-bond acceptors (Lipinski definition) is 4. The van der Waals surface area contributed by atoms with Crippen molar-refractivity contribution in [3.05, 3.63) is 52.1 Å². The molecule has 0 amide bonds. The Labute approximate surface area is 158 Å². The van der Waals surface area contributed by atoms with Crippen LogP contribution in [0.25, 0.3) is 12.2 Å². The number of alkyl halides is 3. The molecule has 4 nitrogen and oxygen atoms in total. The van der Waals surface area contributed by atoms with Gasteiger partial charge in [-0.2, -0.15) is 0 Å². The van der Waals surface area contributed by atoms with Crippen LogP contribution in [0.1, 0.15) is 23.0 Å². The minimum atomic E-state index is -1.82. The fourth-order valence-electron chi connectivity index (χ4n) is 1.56. The minimum Gasteiger partial charge on any atom is -0.497 e. The third-order valence-corrected chi connectivity index (χ3v) is 3.46. The van der Waals surface area contributed by atoms with E-state index in [-0.39, 0.29) is 22.3 Å². The zero-order valence-electron chi connectivity index (χ0n) is 11.6. The first-order valence-electron chi connectivity index (χ1n) is 6.13. The highest BCUT2D eigenvalue weighted by molar-refractivity contribution is 6.66. The Morgan fingerprint density at radius 2 is 1.65 bits per heavy atom. The summed E-state index contributed by atoms with van der Waals surface area (Å²) in [5.41, 5.74) is 0.907. The predicted molar refractivity (Wildman–Crippen MR) is 95.0 cm³/mol. The van der Waals surface area contributed by atoms with Crippen LogP contribution in [0.3, 0.4) is 0 Å². The first kappa shape index (κ1) is 18.6. The van der Waals surface area contributed by atoms with Gasteiger partial charge in [0.1, 0.15) is 5.75 Å². The van der Waals surface area contributed by atoms with Gasteiger partial charge in [-0.15, -0.1) is 0 Å². The molecule has 0 saturated carbocycles. The zero-order chi connectivity index (χ0) is 17.0. The fraction of sp³-hybridized carbons (Fsp3) is 0.143. The first-order valence-corrected chi connectivity index (χ1v) is 8.02. The van der Waals surface area contributed by atoms with Gasteiger partial charge in [0.05, 0.1) is 7.11 Å². The molecule has 2 rings (SSSR count). The van der Waals surface area contributed by atoms with Gasteiger partial charge in [-0.3, -0.25) is 0 Å². The molecule has 0 atom stereocenters. The summed E-state index contributed by atoms with van der Waals surface area (Å²) in [5, 5.41) is 0. The highest BCUT2D eigenvalue weighted by Gasteiger charge is 2.29. The van der Waals surface area contributed by atoms with Gasteiger partial charge in [0, 0.05) is 0 Å². The lowest BCUT2D eigenvalue weighted by atomic mass is 10.2. The van der Waals surface area contributed by atoms with Crippen molar-refractivity contribution < 1.29 is 4.74 Å². The first-order chi connectivity index (χ1) is 10.8. The summed E-state index contributed by atoms with van der Waals surface area (Å²) in [6.45, 7) is 0. The summed E-state index contributed by atoms with van der Waals surface area (Å²) >= 11 is 28.8. The van der Waals surface area contributed by atoms with Crippen LogP contribution < -0.4 is 4.74 Å².